The summed E-state index contributed by atoms with van der Waals surface area (Å²) in [6, 6.07) is 14.5. The van der Waals surface area contributed by atoms with Gasteiger partial charge < -0.3 is 9.31 Å². The van der Waals surface area contributed by atoms with Gasteiger partial charge in [0.25, 0.3) is 0 Å². The van der Waals surface area contributed by atoms with Crippen LogP contribution in [-0.2, 0) is 9.31 Å². The summed E-state index contributed by atoms with van der Waals surface area (Å²) in [4.78, 5) is 0. The topological polar surface area (TPSA) is 18.5 Å². The van der Waals surface area contributed by atoms with E-state index in [2.05, 4.69) is 57.3 Å². The summed E-state index contributed by atoms with van der Waals surface area (Å²) in [5, 5.41) is 0. The fourth-order valence-corrected chi connectivity index (χ4v) is 2.96. The lowest BCUT2D eigenvalue weighted by Crippen LogP contribution is -2.34. The Hall–Kier alpha value is -2.10. The standard InChI is InChI=1S/C21H23BO2.C2H6/c1-6-16-9-8-10-20(19(16)7-2)17-11-13-18(14-12-17)22-23-15(3)21(4,5)24-22;1-2/h6-15H,1-2H2,3-5H3;1-2H3. The van der Waals surface area contributed by atoms with Crippen molar-refractivity contribution in [2.75, 3.05) is 0 Å². The molecule has 0 aromatic heterocycles. The molecule has 1 fully saturated rings. The second-order valence-electron chi connectivity index (χ2n) is 6.67. The van der Waals surface area contributed by atoms with E-state index in [1.807, 2.05) is 45.1 Å². The fourth-order valence-electron chi connectivity index (χ4n) is 2.96. The van der Waals surface area contributed by atoms with E-state index in [9.17, 15) is 0 Å². The quantitative estimate of drug-likeness (QED) is 0.672. The molecule has 3 rings (SSSR count). The van der Waals surface area contributed by atoms with Crippen molar-refractivity contribution in [3.63, 3.8) is 0 Å². The third-order valence-electron chi connectivity index (χ3n) is 4.78. The molecule has 3 heteroatoms. The lowest BCUT2D eigenvalue weighted by atomic mass is 9.78. The lowest BCUT2D eigenvalue weighted by Gasteiger charge is -2.21. The predicted molar refractivity (Wildman–Crippen MR) is 115 cm³/mol. The van der Waals surface area contributed by atoms with Gasteiger partial charge in [-0.15, -0.1) is 0 Å². The summed E-state index contributed by atoms with van der Waals surface area (Å²) in [7, 11) is -0.303. The maximum absolute atomic E-state index is 6.02. The molecule has 2 nitrogen and oxygen atoms in total. The highest BCUT2D eigenvalue weighted by Gasteiger charge is 2.43. The molecule has 0 aliphatic carbocycles. The maximum Gasteiger partial charge on any atom is 0.494 e. The summed E-state index contributed by atoms with van der Waals surface area (Å²) in [5.41, 5.74) is 5.25. The Balaban J connectivity index is 0.00000117. The van der Waals surface area contributed by atoms with Crippen LogP contribution in [-0.4, -0.2) is 18.8 Å². The molecule has 1 atom stereocenters. The molecular weight excluding hydrogens is 319 g/mol. The normalized spacial score (nSPS) is 18.0. The van der Waals surface area contributed by atoms with Crippen LogP contribution in [0.1, 0.15) is 45.7 Å². The Kier molecular flexibility index (Phi) is 6.63. The minimum Gasteiger partial charge on any atom is -0.402 e. The van der Waals surface area contributed by atoms with E-state index in [-0.39, 0.29) is 18.8 Å². The number of rotatable bonds is 4. The second-order valence-corrected chi connectivity index (χ2v) is 6.67. The average Bonchev–Trinajstić information content (AvgIpc) is 2.95. The Morgan fingerprint density at radius 1 is 1.00 bits per heavy atom. The zero-order valence-electron chi connectivity index (χ0n) is 16.6. The smallest absolute Gasteiger partial charge is 0.402 e. The molecule has 1 heterocycles. The van der Waals surface area contributed by atoms with Crippen molar-refractivity contribution in [1.29, 1.82) is 0 Å². The van der Waals surface area contributed by atoms with E-state index in [1.165, 1.54) is 0 Å². The molecular formula is C23H29BO2. The first kappa shape index (κ1) is 20.2. The van der Waals surface area contributed by atoms with Crippen molar-refractivity contribution in [3.05, 3.63) is 66.7 Å². The number of benzene rings is 2. The van der Waals surface area contributed by atoms with Gasteiger partial charge in [-0.25, -0.2) is 0 Å². The molecule has 1 unspecified atom stereocenters. The first-order chi connectivity index (χ1) is 12.5. The third kappa shape index (κ3) is 4.00. The molecule has 2 aromatic rings. The largest absolute Gasteiger partial charge is 0.494 e. The molecule has 0 radical (unpaired) electrons. The second kappa shape index (κ2) is 8.53. The summed E-state index contributed by atoms with van der Waals surface area (Å²) in [6.07, 6.45) is 3.81. The highest BCUT2D eigenvalue weighted by molar-refractivity contribution is 6.62. The van der Waals surface area contributed by atoms with Gasteiger partial charge in [-0.1, -0.05) is 81.6 Å². The van der Waals surface area contributed by atoms with Crippen LogP contribution in [0.3, 0.4) is 0 Å². The van der Waals surface area contributed by atoms with Crippen LogP contribution in [0.15, 0.2) is 55.6 Å². The maximum atomic E-state index is 6.02. The van der Waals surface area contributed by atoms with Gasteiger partial charge in [-0.05, 0) is 48.5 Å². The van der Waals surface area contributed by atoms with Crippen LogP contribution in [0.4, 0.5) is 0 Å². The monoisotopic (exact) mass is 348 g/mol. The average molecular weight is 348 g/mol. The molecule has 0 N–H and O–H groups in total. The minimum atomic E-state index is -0.303. The summed E-state index contributed by atoms with van der Waals surface area (Å²) in [5.74, 6) is 0. The first-order valence-corrected chi connectivity index (χ1v) is 9.28. The van der Waals surface area contributed by atoms with Gasteiger partial charge >= 0.3 is 7.12 Å². The molecule has 0 bridgehead atoms. The Morgan fingerprint density at radius 2 is 1.65 bits per heavy atom. The van der Waals surface area contributed by atoms with Crippen molar-refractivity contribution in [3.8, 4) is 11.1 Å². The molecule has 1 aliphatic heterocycles. The van der Waals surface area contributed by atoms with Crippen molar-refractivity contribution in [2.45, 2.75) is 46.3 Å². The lowest BCUT2D eigenvalue weighted by molar-refractivity contribution is 0.0842. The van der Waals surface area contributed by atoms with Crippen LogP contribution in [0.25, 0.3) is 23.3 Å². The first-order valence-electron chi connectivity index (χ1n) is 9.28. The zero-order valence-corrected chi connectivity index (χ0v) is 16.6. The molecule has 1 saturated heterocycles. The van der Waals surface area contributed by atoms with E-state index in [0.29, 0.717) is 0 Å². The SMILES string of the molecule is C=Cc1cccc(-c2ccc(B3OC(C)C(C)(C)O3)cc2)c1C=C.CC. The summed E-state index contributed by atoms with van der Waals surface area (Å²) in [6.45, 7) is 18.0. The van der Waals surface area contributed by atoms with Gasteiger partial charge in [-0.3, -0.25) is 0 Å². The van der Waals surface area contributed by atoms with Crippen molar-refractivity contribution >= 4 is 24.7 Å². The highest BCUT2D eigenvalue weighted by atomic mass is 16.7. The van der Waals surface area contributed by atoms with E-state index < -0.39 is 0 Å². The van der Waals surface area contributed by atoms with Crippen molar-refractivity contribution < 1.29 is 9.31 Å². The van der Waals surface area contributed by atoms with Crippen LogP contribution in [0.2, 0.25) is 0 Å². The fraction of sp³-hybridized carbons (Fsp3) is 0.304. The Bertz CT molecular complexity index is 762. The van der Waals surface area contributed by atoms with E-state index in [1.54, 1.807) is 0 Å². The van der Waals surface area contributed by atoms with Gasteiger partial charge in [-0.2, -0.15) is 0 Å². The molecule has 136 valence electrons. The van der Waals surface area contributed by atoms with E-state index in [4.69, 9.17) is 9.31 Å². The molecule has 2 aromatic carbocycles. The van der Waals surface area contributed by atoms with Crippen molar-refractivity contribution in [1.82, 2.24) is 0 Å². The van der Waals surface area contributed by atoms with E-state index >= 15 is 0 Å². The third-order valence-corrected chi connectivity index (χ3v) is 4.78. The van der Waals surface area contributed by atoms with Gasteiger partial charge in [0.15, 0.2) is 0 Å². The molecule has 0 amide bonds. The van der Waals surface area contributed by atoms with Crippen LogP contribution in [0.5, 0.6) is 0 Å². The zero-order chi connectivity index (χ0) is 19.3. The van der Waals surface area contributed by atoms with E-state index in [0.717, 1.165) is 27.7 Å². The van der Waals surface area contributed by atoms with Gasteiger partial charge in [0.1, 0.15) is 0 Å². The Labute approximate surface area is 158 Å². The van der Waals surface area contributed by atoms with Gasteiger partial charge in [0, 0.05) is 0 Å². The molecule has 26 heavy (non-hydrogen) atoms. The molecule has 0 spiro atoms. The Morgan fingerprint density at radius 3 is 2.15 bits per heavy atom. The predicted octanol–water partition coefficient (Wildman–Crippen LogP) is 5.57. The molecule has 1 aliphatic rings. The van der Waals surface area contributed by atoms with Crippen molar-refractivity contribution in [2.24, 2.45) is 0 Å². The number of hydrogen-bond acceptors (Lipinski definition) is 2. The minimum absolute atomic E-state index is 0.0683. The van der Waals surface area contributed by atoms with Crippen LogP contribution < -0.4 is 5.46 Å². The number of hydrogen-bond donors (Lipinski definition) is 0. The van der Waals surface area contributed by atoms with Crippen LogP contribution in [0, 0.1) is 0 Å². The highest BCUT2D eigenvalue weighted by Crippen LogP contribution is 2.29. The summed E-state index contributed by atoms with van der Waals surface area (Å²) >= 11 is 0. The van der Waals surface area contributed by atoms with Gasteiger partial charge in [0.2, 0.25) is 0 Å². The molecule has 0 saturated carbocycles. The van der Waals surface area contributed by atoms with Gasteiger partial charge in [0.05, 0.1) is 11.7 Å². The van der Waals surface area contributed by atoms with Crippen LogP contribution >= 0.6 is 0 Å². The summed E-state index contributed by atoms with van der Waals surface area (Å²) < 4.78 is 12.0.